The van der Waals surface area contributed by atoms with Crippen LogP contribution in [0.5, 0.6) is 5.75 Å². The van der Waals surface area contributed by atoms with Gasteiger partial charge >= 0.3 is 5.97 Å². The van der Waals surface area contributed by atoms with Gasteiger partial charge in [-0.3, -0.25) is 0 Å². The predicted molar refractivity (Wildman–Crippen MR) is 62.6 cm³/mol. The topological polar surface area (TPSA) is 35.5 Å². The summed E-state index contributed by atoms with van der Waals surface area (Å²) in [6.45, 7) is 3.49. The fourth-order valence-electron chi connectivity index (χ4n) is 1.27. The van der Waals surface area contributed by atoms with Gasteiger partial charge in [0.15, 0.2) is 17.4 Å². The van der Waals surface area contributed by atoms with Gasteiger partial charge in [-0.1, -0.05) is 5.57 Å². The van der Waals surface area contributed by atoms with Crippen molar-refractivity contribution in [2.24, 2.45) is 0 Å². The molecule has 0 amide bonds. The molecular formula is C13H13F3O3. The average Bonchev–Trinajstić information content (AvgIpc) is 2.34. The molecule has 0 aromatic heterocycles. The van der Waals surface area contributed by atoms with E-state index in [1.165, 1.54) is 0 Å². The molecule has 0 heterocycles. The molecule has 1 aromatic carbocycles. The van der Waals surface area contributed by atoms with Gasteiger partial charge in [0.25, 0.3) is 0 Å². The zero-order chi connectivity index (χ0) is 14.6. The number of carbonyl (C=O) groups is 1. The van der Waals surface area contributed by atoms with Crippen molar-refractivity contribution in [2.45, 2.75) is 13.8 Å². The SMILES string of the molecule is COc1c(F)c(F)cc(C(=O)OCC=C(C)C)c1F. The second-order valence-corrected chi connectivity index (χ2v) is 3.95. The summed E-state index contributed by atoms with van der Waals surface area (Å²) in [5.41, 5.74) is 0.189. The van der Waals surface area contributed by atoms with Crippen molar-refractivity contribution < 1.29 is 27.4 Å². The van der Waals surface area contributed by atoms with Crippen LogP contribution in [-0.4, -0.2) is 19.7 Å². The molecule has 0 bridgehead atoms. The van der Waals surface area contributed by atoms with Gasteiger partial charge in [-0.05, 0) is 26.0 Å². The summed E-state index contributed by atoms with van der Waals surface area (Å²) < 4.78 is 49.1. The van der Waals surface area contributed by atoms with Crippen LogP contribution in [0, 0.1) is 17.5 Å². The second-order valence-electron chi connectivity index (χ2n) is 3.95. The lowest BCUT2D eigenvalue weighted by atomic mass is 10.2. The average molecular weight is 274 g/mol. The monoisotopic (exact) mass is 274 g/mol. The Kier molecular flexibility index (Phi) is 4.97. The summed E-state index contributed by atoms with van der Waals surface area (Å²) in [5.74, 6) is -6.20. The normalized spacial score (nSPS) is 10.0. The molecule has 0 fully saturated rings. The number of ether oxygens (including phenoxy) is 2. The fraction of sp³-hybridized carbons (Fsp3) is 0.308. The summed E-state index contributed by atoms with van der Waals surface area (Å²) in [7, 11) is 0.971. The first kappa shape index (κ1) is 15.1. The summed E-state index contributed by atoms with van der Waals surface area (Å²) in [6, 6.07) is 0.442. The molecule has 0 aliphatic rings. The van der Waals surface area contributed by atoms with Crippen molar-refractivity contribution in [2.75, 3.05) is 13.7 Å². The minimum Gasteiger partial charge on any atom is -0.491 e. The van der Waals surface area contributed by atoms with Gasteiger partial charge in [0.2, 0.25) is 5.82 Å². The number of benzene rings is 1. The highest BCUT2D eigenvalue weighted by Crippen LogP contribution is 2.27. The van der Waals surface area contributed by atoms with Crippen LogP contribution in [0.3, 0.4) is 0 Å². The third kappa shape index (κ3) is 3.49. The summed E-state index contributed by atoms with van der Waals surface area (Å²) in [6.07, 6.45) is 1.59. The Bertz CT molecular complexity index is 520. The van der Waals surface area contributed by atoms with Crippen molar-refractivity contribution in [1.82, 2.24) is 0 Å². The summed E-state index contributed by atoms with van der Waals surface area (Å²) >= 11 is 0. The van der Waals surface area contributed by atoms with Crippen LogP contribution in [0.2, 0.25) is 0 Å². The van der Waals surface area contributed by atoms with Gasteiger partial charge in [-0.15, -0.1) is 0 Å². The van der Waals surface area contributed by atoms with Crippen molar-refractivity contribution >= 4 is 5.97 Å². The first-order valence-corrected chi connectivity index (χ1v) is 5.40. The fourth-order valence-corrected chi connectivity index (χ4v) is 1.27. The van der Waals surface area contributed by atoms with Crippen LogP contribution in [0.4, 0.5) is 13.2 Å². The van der Waals surface area contributed by atoms with E-state index in [4.69, 9.17) is 4.74 Å². The van der Waals surface area contributed by atoms with Crippen LogP contribution >= 0.6 is 0 Å². The maximum absolute atomic E-state index is 13.7. The molecule has 0 N–H and O–H groups in total. The van der Waals surface area contributed by atoms with Crippen molar-refractivity contribution in [3.05, 3.63) is 40.7 Å². The number of methoxy groups -OCH3 is 1. The van der Waals surface area contributed by atoms with Crippen molar-refractivity contribution in [1.29, 1.82) is 0 Å². The number of esters is 1. The standard InChI is InChI=1S/C13H13F3O3/c1-7(2)4-5-19-13(17)8-6-9(14)11(16)12(18-3)10(8)15/h4,6H,5H2,1-3H3. The molecule has 1 aromatic rings. The van der Waals surface area contributed by atoms with Gasteiger partial charge in [0.05, 0.1) is 7.11 Å². The van der Waals surface area contributed by atoms with Crippen LogP contribution in [0.15, 0.2) is 17.7 Å². The van der Waals surface area contributed by atoms with Crippen LogP contribution in [0.1, 0.15) is 24.2 Å². The zero-order valence-corrected chi connectivity index (χ0v) is 10.7. The summed E-state index contributed by atoms with van der Waals surface area (Å²) in [5, 5.41) is 0. The number of allylic oxidation sites excluding steroid dienone is 1. The first-order valence-electron chi connectivity index (χ1n) is 5.40. The second kappa shape index (κ2) is 6.26. The quantitative estimate of drug-likeness (QED) is 0.480. The Morgan fingerprint density at radius 3 is 2.42 bits per heavy atom. The van der Waals surface area contributed by atoms with E-state index in [9.17, 15) is 18.0 Å². The largest absolute Gasteiger partial charge is 0.491 e. The third-order valence-corrected chi connectivity index (χ3v) is 2.25. The lowest BCUT2D eigenvalue weighted by molar-refractivity contribution is 0.0542. The number of hydrogen-bond acceptors (Lipinski definition) is 3. The Morgan fingerprint density at radius 2 is 1.89 bits per heavy atom. The van der Waals surface area contributed by atoms with E-state index in [1.54, 1.807) is 19.9 Å². The Morgan fingerprint density at radius 1 is 1.26 bits per heavy atom. The van der Waals surface area contributed by atoms with Crippen LogP contribution in [-0.2, 0) is 4.74 Å². The van der Waals surface area contributed by atoms with Crippen molar-refractivity contribution in [3.63, 3.8) is 0 Å². The molecule has 0 saturated heterocycles. The highest BCUT2D eigenvalue weighted by molar-refractivity contribution is 5.90. The van der Waals surface area contributed by atoms with E-state index in [0.29, 0.717) is 6.07 Å². The van der Waals surface area contributed by atoms with E-state index < -0.39 is 34.7 Å². The molecule has 104 valence electrons. The molecular weight excluding hydrogens is 261 g/mol. The molecule has 0 atom stereocenters. The van der Waals surface area contributed by atoms with Gasteiger partial charge < -0.3 is 9.47 Å². The molecule has 0 unspecified atom stereocenters. The molecule has 0 aliphatic heterocycles. The Hall–Kier alpha value is -1.98. The smallest absolute Gasteiger partial charge is 0.341 e. The summed E-state index contributed by atoms with van der Waals surface area (Å²) in [4.78, 5) is 11.5. The molecule has 19 heavy (non-hydrogen) atoms. The van der Waals surface area contributed by atoms with E-state index in [0.717, 1.165) is 12.7 Å². The third-order valence-electron chi connectivity index (χ3n) is 2.25. The highest BCUT2D eigenvalue weighted by atomic mass is 19.2. The van der Waals surface area contributed by atoms with E-state index in [-0.39, 0.29) is 6.61 Å². The zero-order valence-electron chi connectivity index (χ0n) is 10.7. The van der Waals surface area contributed by atoms with Gasteiger partial charge in [-0.25, -0.2) is 13.6 Å². The van der Waals surface area contributed by atoms with E-state index >= 15 is 0 Å². The number of rotatable bonds is 4. The molecule has 0 aliphatic carbocycles. The van der Waals surface area contributed by atoms with Crippen LogP contribution in [0.25, 0.3) is 0 Å². The lowest BCUT2D eigenvalue weighted by Gasteiger charge is -2.09. The lowest BCUT2D eigenvalue weighted by Crippen LogP contribution is -2.11. The molecule has 1 rings (SSSR count). The number of carbonyl (C=O) groups excluding carboxylic acids is 1. The highest BCUT2D eigenvalue weighted by Gasteiger charge is 2.24. The first-order chi connectivity index (χ1) is 8.88. The molecule has 6 heteroatoms. The number of halogens is 3. The number of hydrogen-bond donors (Lipinski definition) is 0. The molecule has 0 radical (unpaired) electrons. The Balaban J connectivity index is 3.04. The van der Waals surface area contributed by atoms with Crippen LogP contribution < -0.4 is 4.74 Å². The molecule has 3 nitrogen and oxygen atoms in total. The van der Waals surface area contributed by atoms with Gasteiger partial charge in [0, 0.05) is 0 Å². The van der Waals surface area contributed by atoms with E-state index in [1.807, 2.05) is 0 Å². The Labute approximate surface area is 108 Å². The van der Waals surface area contributed by atoms with Gasteiger partial charge in [-0.2, -0.15) is 4.39 Å². The predicted octanol–water partition coefficient (Wildman–Crippen LogP) is 3.24. The van der Waals surface area contributed by atoms with Gasteiger partial charge in [0.1, 0.15) is 12.2 Å². The molecule has 0 saturated carbocycles. The molecule has 0 spiro atoms. The maximum atomic E-state index is 13.7. The minimum absolute atomic E-state index is 0.0814. The van der Waals surface area contributed by atoms with Crippen molar-refractivity contribution in [3.8, 4) is 5.75 Å². The van der Waals surface area contributed by atoms with E-state index in [2.05, 4.69) is 4.74 Å². The minimum atomic E-state index is -1.49. The maximum Gasteiger partial charge on any atom is 0.341 e.